The number of aromatic nitrogens is 6. The normalized spacial score (nSPS) is 13.1. The number of pyridine rings is 2. The number of aryl methyl sites for hydroxylation is 4. The summed E-state index contributed by atoms with van der Waals surface area (Å²) in [6, 6.07) is 37.7. The van der Waals surface area contributed by atoms with Gasteiger partial charge >= 0.3 is 0 Å². The highest BCUT2D eigenvalue weighted by Crippen LogP contribution is 2.34. The lowest BCUT2D eigenvalue weighted by molar-refractivity contribution is 0.0903. The minimum atomic E-state index is -0.430. The van der Waals surface area contributed by atoms with Gasteiger partial charge in [0.25, 0.3) is 23.6 Å². The van der Waals surface area contributed by atoms with Crippen molar-refractivity contribution >= 4 is 63.4 Å². The molecule has 22 nitrogen and oxygen atoms in total. The van der Waals surface area contributed by atoms with Crippen molar-refractivity contribution in [2.75, 3.05) is 77.8 Å². The van der Waals surface area contributed by atoms with E-state index in [1.165, 1.54) is 25.0 Å². The number of unbranched alkanes of at least 4 members (excludes halogenated alkanes) is 1. The van der Waals surface area contributed by atoms with Gasteiger partial charge < -0.3 is 56.9 Å². The number of anilines is 2. The number of hydrogen-bond donors (Lipinski definition) is 8. The largest absolute Gasteiger partial charge is 0.381 e. The number of carbonyl (C=O) groups excluding carboxylic acids is 5. The topological polar surface area (TPSA) is 265 Å². The van der Waals surface area contributed by atoms with Gasteiger partial charge in [0, 0.05) is 159 Å². The van der Waals surface area contributed by atoms with Crippen LogP contribution in [0.1, 0.15) is 164 Å². The Labute approximate surface area is 637 Å². The van der Waals surface area contributed by atoms with E-state index in [2.05, 4.69) is 78.5 Å². The van der Waals surface area contributed by atoms with Gasteiger partial charge in [-0.15, -0.1) is 0 Å². The van der Waals surface area contributed by atoms with Crippen molar-refractivity contribution in [3.8, 4) is 22.3 Å². The predicted molar refractivity (Wildman–Crippen MR) is 426 cm³/mol. The van der Waals surface area contributed by atoms with Crippen LogP contribution in [0.25, 0.3) is 44.3 Å². The van der Waals surface area contributed by atoms with Gasteiger partial charge in [0.2, 0.25) is 0 Å². The molecule has 6 heterocycles. The fourth-order valence-electron chi connectivity index (χ4n) is 13.4. The predicted octanol–water partition coefficient (Wildman–Crippen LogP) is 13.0. The molecule has 0 spiro atoms. The number of nitrogens with zero attached hydrogens (tertiary/aromatic N) is 7. The van der Waals surface area contributed by atoms with Crippen molar-refractivity contribution in [3.05, 3.63) is 225 Å². The second-order valence-electron chi connectivity index (χ2n) is 27.3. The molecular formula is C85H103F2N15O7. The highest BCUT2D eigenvalue weighted by Gasteiger charge is 2.26. The number of ether oxygens (including phenoxy) is 2. The van der Waals surface area contributed by atoms with E-state index < -0.39 is 5.82 Å². The molecule has 2 aliphatic heterocycles. The molecule has 0 saturated carbocycles. The Kier molecular flexibility index (Phi) is 30.1. The first-order valence-electron chi connectivity index (χ1n) is 38.0. The smallest absolute Gasteiger partial charge is 0.251 e. The van der Waals surface area contributed by atoms with Crippen LogP contribution in [0.15, 0.2) is 146 Å². The lowest BCUT2D eigenvalue weighted by Crippen LogP contribution is -2.30. The van der Waals surface area contributed by atoms with Crippen LogP contribution in [0, 0.1) is 11.6 Å². The van der Waals surface area contributed by atoms with Crippen LogP contribution < -0.4 is 42.5 Å². The molecule has 0 radical (unpaired) electrons. The zero-order valence-electron chi connectivity index (χ0n) is 63.9. The number of carbonyl (C=O) groups is 5. The molecule has 109 heavy (non-hydrogen) atoms. The second kappa shape index (κ2) is 40.5. The maximum atomic E-state index is 15.1. The molecule has 2 aliphatic rings. The Morgan fingerprint density at radius 2 is 0.954 bits per heavy atom. The molecular weight excluding hydrogens is 1380 g/mol. The summed E-state index contributed by atoms with van der Waals surface area (Å²) in [5.74, 6) is -2.08. The van der Waals surface area contributed by atoms with E-state index in [1.54, 1.807) is 97.1 Å². The third-order valence-electron chi connectivity index (χ3n) is 19.5. The molecule has 12 rings (SSSR count). The number of fused-ring (bicyclic) bond motifs is 2. The molecule has 6 aromatic carbocycles. The Bertz CT molecular complexity index is 4740. The fourth-order valence-corrected chi connectivity index (χ4v) is 13.4. The molecule has 0 atom stereocenters. The van der Waals surface area contributed by atoms with E-state index >= 15 is 4.39 Å². The monoisotopic (exact) mass is 1480 g/mol. The first-order valence-corrected chi connectivity index (χ1v) is 38.0. The first kappa shape index (κ1) is 80.9. The van der Waals surface area contributed by atoms with Crippen LogP contribution in [0.5, 0.6) is 0 Å². The van der Waals surface area contributed by atoms with Crippen molar-refractivity contribution < 1.29 is 42.2 Å². The molecule has 24 heteroatoms. The molecule has 4 aromatic heterocycles. The Hall–Kier alpha value is -10.6. The van der Waals surface area contributed by atoms with E-state index in [0.717, 1.165) is 125 Å². The summed E-state index contributed by atoms with van der Waals surface area (Å²) in [5, 5.41) is 36.6. The molecule has 0 aliphatic carbocycles. The number of benzene rings is 6. The van der Waals surface area contributed by atoms with E-state index in [1.807, 2.05) is 80.9 Å². The zero-order valence-corrected chi connectivity index (χ0v) is 63.9. The molecule has 10 aromatic rings. The number of halogens is 2. The Balaban J connectivity index is 0.000000217. The van der Waals surface area contributed by atoms with Crippen molar-refractivity contribution in [1.82, 2.24) is 66.3 Å². The molecule has 574 valence electrons. The van der Waals surface area contributed by atoms with Gasteiger partial charge in [-0.05, 0) is 187 Å². The van der Waals surface area contributed by atoms with Gasteiger partial charge in [0.15, 0.2) is 11.3 Å². The number of aldehydes is 1. The number of amides is 4. The third-order valence-corrected chi connectivity index (χ3v) is 19.5. The summed E-state index contributed by atoms with van der Waals surface area (Å²) < 4.78 is 44.7. The molecule has 8 N–H and O–H groups in total. The summed E-state index contributed by atoms with van der Waals surface area (Å²) in [6.45, 7) is 19.1. The van der Waals surface area contributed by atoms with Gasteiger partial charge in [-0.25, -0.2) is 28.1 Å². The first-order chi connectivity index (χ1) is 53.1. The van der Waals surface area contributed by atoms with Gasteiger partial charge in [-0.2, -0.15) is 10.2 Å². The summed E-state index contributed by atoms with van der Waals surface area (Å²) in [5.41, 5.74) is 13.6. The highest BCUT2D eigenvalue weighted by molar-refractivity contribution is 6.01. The Morgan fingerprint density at radius 1 is 0.523 bits per heavy atom. The molecule has 4 amide bonds. The summed E-state index contributed by atoms with van der Waals surface area (Å²) in [4.78, 5) is 76.8. The lowest BCUT2D eigenvalue weighted by Gasteiger charge is -2.26. The molecule has 2 fully saturated rings. The number of nitrogens with one attached hydrogen (secondary N) is 8. The maximum absolute atomic E-state index is 15.1. The van der Waals surface area contributed by atoms with E-state index in [-0.39, 0.29) is 67.7 Å². The summed E-state index contributed by atoms with van der Waals surface area (Å²) in [6.07, 6.45) is 11.9. The second-order valence-corrected chi connectivity index (χ2v) is 27.3. The Morgan fingerprint density at radius 3 is 1.37 bits per heavy atom. The van der Waals surface area contributed by atoms with Crippen LogP contribution in [-0.2, 0) is 68.1 Å². The highest BCUT2D eigenvalue weighted by atomic mass is 19.1. The number of hydrogen-bond acceptors (Lipinski definition) is 16. The van der Waals surface area contributed by atoms with Gasteiger partial charge in [-0.3, -0.25) is 24.0 Å². The van der Waals surface area contributed by atoms with Gasteiger partial charge in [0.05, 0.1) is 34.5 Å². The van der Waals surface area contributed by atoms with E-state index in [4.69, 9.17) is 19.4 Å². The van der Waals surface area contributed by atoms with Crippen molar-refractivity contribution in [3.63, 3.8) is 0 Å². The van der Waals surface area contributed by atoms with Crippen molar-refractivity contribution in [2.24, 2.45) is 0 Å². The van der Waals surface area contributed by atoms with Crippen molar-refractivity contribution in [1.29, 1.82) is 0 Å². The minimum absolute atomic E-state index is 0.142. The minimum Gasteiger partial charge on any atom is -0.381 e. The molecule has 2 saturated heterocycles. The number of likely N-dealkylation sites (N-methyl/N-ethyl adjacent to an activating group) is 2. The van der Waals surface area contributed by atoms with Crippen LogP contribution in [-0.4, -0.2) is 144 Å². The van der Waals surface area contributed by atoms with Gasteiger partial charge in [0.1, 0.15) is 17.9 Å². The average Bonchev–Trinajstić information content (AvgIpc) is 1.67. The molecule has 0 unspecified atom stereocenters. The van der Waals surface area contributed by atoms with Crippen LogP contribution in [0.2, 0.25) is 0 Å². The van der Waals surface area contributed by atoms with Crippen LogP contribution in [0.3, 0.4) is 0 Å². The lowest BCUT2D eigenvalue weighted by atomic mass is 10.00. The average molecular weight is 1480 g/mol. The zero-order chi connectivity index (χ0) is 77.2. The number of rotatable bonds is 31. The van der Waals surface area contributed by atoms with Crippen LogP contribution >= 0.6 is 0 Å². The fraction of sp³-hybridized carbons (Fsp3) is 0.376. The standard InChI is InChI=1S/C42H51FN8O3.C38H39FN6O4.C5H13N/c1-5-38-35(39(48-33-15-19-54-20-16-33)36-26-47-51(6-2)40(36)49-38)25-46-42(53)32-12-8-11-31(23-32)41(52)45-24-28-13-14-37(43)34(22-28)30-10-7-9-29(21-30)27-50(4)18-17-44-3;1-3-34-31(35(43-29-13-15-49-16-14-29)32-22-42-45(4-2)36(32)44-34)21-41-38(48)28-10-6-9-27(19-28)37(47)40-20-24-11-12-33(39)30(18-24)26-8-5-7-25(17-26)23-46;1-3-4-5-6-2/h7-14,21-23,26,33,44H,5-6,15-20,24-25,27H2,1-4H3,(H,45,52)(H,46,53)(H,48,49);5-12,17-19,22-23,29H,3-4,13-16,20-21H2,1-2H3,(H,40,47)(H,41,48)(H,43,44);6H,3-5H2,1-2H3. The molecule has 0 bridgehead atoms. The maximum Gasteiger partial charge on any atom is 0.251 e. The van der Waals surface area contributed by atoms with Gasteiger partial charge in [-0.1, -0.05) is 87.9 Å². The van der Waals surface area contributed by atoms with Crippen LogP contribution in [0.4, 0.5) is 20.2 Å². The summed E-state index contributed by atoms with van der Waals surface area (Å²) >= 11 is 0. The SMILES string of the molecule is CCCCNC.CCc1nc2c(cnn2CC)c(NC2CCOCC2)c1CNC(=O)c1cccc(C(=O)NCc2ccc(F)c(-c3cccc(C=O)c3)c2)c1.CCc1nc2c(cnn2CC)c(NC2CCOCC2)c1CNC(=O)c1cccc(C(=O)NCc2ccc(F)c(-c3cccc(CN(C)CCNC)c3)c2)c1. The summed E-state index contributed by atoms with van der Waals surface area (Å²) in [7, 11) is 5.97. The van der Waals surface area contributed by atoms with Crippen molar-refractivity contribution in [2.45, 2.75) is 144 Å². The van der Waals surface area contributed by atoms with E-state index in [9.17, 15) is 28.4 Å². The quantitative estimate of drug-likeness (QED) is 0.0148. The van der Waals surface area contributed by atoms with E-state index in [0.29, 0.717) is 109 Å². The third kappa shape index (κ3) is 21.6.